The molecule has 4 heterocycles. The molecule has 224 valence electrons. The summed E-state index contributed by atoms with van der Waals surface area (Å²) >= 11 is 0. The van der Waals surface area contributed by atoms with E-state index in [-0.39, 0.29) is 17.8 Å². The molecule has 1 aromatic carbocycles. The van der Waals surface area contributed by atoms with Gasteiger partial charge in [-0.2, -0.15) is 0 Å². The van der Waals surface area contributed by atoms with Crippen LogP contribution in [0.2, 0.25) is 0 Å². The molecule has 3 aromatic rings. The molecule has 13 nitrogen and oxygen atoms in total. The van der Waals surface area contributed by atoms with Gasteiger partial charge >= 0.3 is 18.0 Å². The van der Waals surface area contributed by atoms with E-state index in [0.717, 1.165) is 40.8 Å². The molecule has 0 bridgehead atoms. The molecule has 43 heavy (non-hydrogen) atoms. The Morgan fingerprint density at radius 1 is 1.00 bits per heavy atom. The van der Waals surface area contributed by atoms with Gasteiger partial charge in [-0.05, 0) is 68.4 Å². The number of hydrogen-bond acceptors (Lipinski definition) is 9. The summed E-state index contributed by atoms with van der Waals surface area (Å²) in [6, 6.07) is 9.25. The van der Waals surface area contributed by atoms with Gasteiger partial charge in [0.05, 0.1) is 7.11 Å². The Hall–Kier alpha value is -4.94. The fraction of sp³-hybridized carbons (Fsp3) is 0.400. The molecule has 0 saturated carbocycles. The number of hydrogen-bond donors (Lipinski definition) is 2. The van der Waals surface area contributed by atoms with E-state index in [2.05, 4.69) is 20.2 Å². The summed E-state index contributed by atoms with van der Waals surface area (Å²) in [7, 11) is 1.63. The number of carbonyl (C=O) groups excluding carboxylic acids is 3. The summed E-state index contributed by atoms with van der Waals surface area (Å²) < 4.78 is 12.1. The third kappa shape index (κ3) is 5.62. The predicted octanol–water partition coefficient (Wildman–Crippen LogP) is 2.87. The number of ether oxygens (including phenoxy) is 2. The lowest BCUT2D eigenvalue weighted by molar-refractivity contribution is 0.0246. The first-order valence-corrected chi connectivity index (χ1v) is 14.4. The van der Waals surface area contributed by atoms with Crippen molar-refractivity contribution < 1.29 is 23.9 Å². The van der Waals surface area contributed by atoms with E-state index in [9.17, 15) is 19.2 Å². The molecular weight excluding hydrogens is 554 g/mol. The Kier molecular flexibility index (Phi) is 7.70. The Balaban J connectivity index is 1.10. The largest absolute Gasteiger partial charge is 0.497 e. The lowest BCUT2D eigenvalue weighted by atomic mass is 9.93. The molecule has 1 atom stereocenters. The van der Waals surface area contributed by atoms with Gasteiger partial charge in [0.1, 0.15) is 24.0 Å². The average Bonchev–Trinajstić information content (AvgIpc) is 3.18. The van der Waals surface area contributed by atoms with Gasteiger partial charge in [-0.25, -0.2) is 28.9 Å². The fourth-order valence-electron chi connectivity index (χ4n) is 6.25. The highest BCUT2D eigenvalue weighted by molar-refractivity contribution is 5.91. The monoisotopic (exact) mass is 587 g/mol. The number of anilines is 2. The second-order valence-corrected chi connectivity index (χ2v) is 10.9. The Labute approximate surface area is 247 Å². The first-order valence-electron chi connectivity index (χ1n) is 14.4. The number of rotatable bonds is 5. The minimum atomic E-state index is -0.861. The van der Waals surface area contributed by atoms with Crippen molar-refractivity contribution in [2.24, 2.45) is 5.73 Å². The van der Waals surface area contributed by atoms with Crippen molar-refractivity contribution in [2.45, 2.75) is 50.7 Å². The van der Waals surface area contributed by atoms with E-state index in [4.69, 9.17) is 15.2 Å². The molecule has 13 heteroatoms. The van der Waals surface area contributed by atoms with E-state index in [1.807, 2.05) is 23.1 Å². The summed E-state index contributed by atoms with van der Waals surface area (Å²) in [6.07, 6.45) is 4.58. The molecule has 0 radical (unpaired) electrons. The molecule has 2 aliphatic heterocycles. The van der Waals surface area contributed by atoms with Crippen LogP contribution in [0.1, 0.15) is 59.1 Å². The van der Waals surface area contributed by atoms with Gasteiger partial charge in [-0.15, -0.1) is 0 Å². The second-order valence-electron chi connectivity index (χ2n) is 10.9. The van der Waals surface area contributed by atoms with Crippen LogP contribution < -0.4 is 26.2 Å². The molecule has 6 rings (SSSR count). The van der Waals surface area contributed by atoms with E-state index in [1.165, 1.54) is 12.4 Å². The van der Waals surface area contributed by atoms with Crippen LogP contribution >= 0.6 is 0 Å². The highest BCUT2D eigenvalue weighted by atomic mass is 16.5. The van der Waals surface area contributed by atoms with Crippen molar-refractivity contribution in [3.63, 3.8) is 0 Å². The van der Waals surface area contributed by atoms with Crippen molar-refractivity contribution in [1.29, 1.82) is 0 Å². The quantitative estimate of drug-likeness (QED) is 0.428. The van der Waals surface area contributed by atoms with E-state index in [1.54, 1.807) is 19.2 Å². The van der Waals surface area contributed by atoms with Gasteiger partial charge in [0.15, 0.2) is 5.69 Å². The van der Waals surface area contributed by atoms with E-state index >= 15 is 0 Å². The molecule has 0 spiro atoms. The average molecular weight is 588 g/mol. The van der Waals surface area contributed by atoms with Crippen LogP contribution in [-0.2, 0) is 17.6 Å². The number of piperidine rings is 1. The fourth-order valence-corrected chi connectivity index (χ4v) is 6.25. The van der Waals surface area contributed by atoms with Crippen LogP contribution in [0, 0.1) is 0 Å². The molecule has 3 N–H and O–H groups in total. The number of pyridine rings is 1. The molecule has 1 saturated heterocycles. The third-order valence-electron chi connectivity index (χ3n) is 8.45. The number of carbonyl (C=O) groups is 3. The molecule has 3 aliphatic rings. The standard InChI is InChI=1S/C30H33N7O6/c1-42-20-5-7-22-18(15-20)9-14-36(30(41)34-22)19-10-12-35(13-11-19)26-16-23(32-17-33-26)28(39)43-25-4-2-3-24-21(25)6-8-27(38)37(24)29(31)40/h5-8,15-17,19,25H,2-4,9-14H2,1H3,(H2,31,40)(H,34,41). The summed E-state index contributed by atoms with van der Waals surface area (Å²) in [5.41, 5.74) is 7.95. The second kappa shape index (κ2) is 11.7. The smallest absolute Gasteiger partial charge is 0.357 e. The normalized spacial score (nSPS) is 18.6. The highest BCUT2D eigenvalue weighted by Crippen LogP contribution is 2.33. The Morgan fingerprint density at radius 2 is 1.81 bits per heavy atom. The predicted molar refractivity (Wildman–Crippen MR) is 156 cm³/mol. The number of esters is 1. The number of primary amides is 1. The number of nitrogens with one attached hydrogen (secondary N) is 1. The summed E-state index contributed by atoms with van der Waals surface area (Å²) in [4.78, 5) is 62.8. The zero-order chi connectivity index (χ0) is 30.1. The summed E-state index contributed by atoms with van der Waals surface area (Å²) in [5, 5.41) is 3.04. The number of aromatic nitrogens is 3. The van der Waals surface area contributed by atoms with Crippen LogP contribution in [-0.4, -0.2) is 70.3 Å². The maximum absolute atomic E-state index is 13.2. The molecular formula is C30H33N7O6. The van der Waals surface area contributed by atoms with Crippen LogP contribution in [0.25, 0.3) is 0 Å². The minimum Gasteiger partial charge on any atom is -0.497 e. The van der Waals surface area contributed by atoms with Crippen molar-refractivity contribution in [2.75, 3.05) is 37.0 Å². The maximum Gasteiger partial charge on any atom is 0.357 e. The van der Waals surface area contributed by atoms with E-state index < -0.39 is 23.7 Å². The van der Waals surface area contributed by atoms with Gasteiger partial charge in [0.2, 0.25) is 0 Å². The summed E-state index contributed by atoms with van der Waals surface area (Å²) in [5.74, 6) is 0.748. The SMILES string of the molecule is COc1ccc2c(c1)CCN(C1CCN(c3cc(C(=O)OC4CCCc5c4ccc(=O)n5C(N)=O)ncn3)CC1)C(=O)N2. The topological polar surface area (TPSA) is 162 Å². The number of urea groups is 1. The Bertz CT molecular complexity index is 1630. The molecule has 1 fully saturated rings. The minimum absolute atomic E-state index is 0.0721. The number of amides is 3. The number of methoxy groups -OCH3 is 1. The molecule has 1 aliphatic carbocycles. The van der Waals surface area contributed by atoms with Gasteiger partial charge in [-0.1, -0.05) is 0 Å². The molecule has 1 unspecified atom stereocenters. The van der Waals surface area contributed by atoms with Gasteiger partial charge < -0.3 is 30.3 Å². The number of benzene rings is 1. The maximum atomic E-state index is 13.2. The lowest BCUT2D eigenvalue weighted by Gasteiger charge is -2.38. The van der Waals surface area contributed by atoms with Gasteiger partial charge in [0.25, 0.3) is 5.56 Å². The van der Waals surface area contributed by atoms with Crippen LogP contribution in [0.3, 0.4) is 0 Å². The molecule has 3 amide bonds. The van der Waals surface area contributed by atoms with Gasteiger partial charge in [0, 0.05) is 54.8 Å². The first-order chi connectivity index (χ1) is 20.8. The van der Waals surface area contributed by atoms with Crippen molar-refractivity contribution in [1.82, 2.24) is 19.4 Å². The number of nitrogens with zero attached hydrogens (tertiary/aromatic N) is 5. The number of fused-ring (bicyclic) bond motifs is 2. The molecule has 2 aromatic heterocycles. The first kappa shape index (κ1) is 28.2. The third-order valence-corrected chi connectivity index (χ3v) is 8.45. The summed E-state index contributed by atoms with van der Waals surface area (Å²) in [6.45, 7) is 1.92. The van der Waals surface area contributed by atoms with Crippen LogP contribution in [0.5, 0.6) is 5.75 Å². The highest BCUT2D eigenvalue weighted by Gasteiger charge is 2.32. The van der Waals surface area contributed by atoms with Crippen LogP contribution in [0.15, 0.2) is 47.5 Å². The van der Waals surface area contributed by atoms with Crippen molar-refractivity contribution >= 4 is 29.5 Å². The van der Waals surface area contributed by atoms with Crippen LogP contribution in [0.4, 0.5) is 21.1 Å². The van der Waals surface area contributed by atoms with Crippen molar-refractivity contribution in [3.8, 4) is 5.75 Å². The van der Waals surface area contributed by atoms with Gasteiger partial charge in [-0.3, -0.25) is 4.79 Å². The lowest BCUT2D eigenvalue weighted by Crippen LogP contribution is -2.49. The number of nitrogens with two attached hydrogens (primary N) is 1. The Morgan fingerprint density at radius 3 is 2.58 bits per heavy atom. The van der Waals surface area contributed by atoms with E-state index in [0.29, 0.717) is 56.0 Å². The zero-order valence-electron chi connectivity index (χ0n) is 23.8. The van der Waals surface area contributed by atoms with Crippen molar-refractivity contribution in [3.05, 3.63) is 75.6 Å². The zero-order valence-corrected chi connectivity index (χ0v) is 23.8.